The van der Waals surface area contributed by atoms with Crippen molar-refractivity contribution in [2.75, 3.05) is 13.7 Å². The maximum atomic E-state index is 12.3. The third kappa shape index (κ3) is 3.80. The van der Waals surface area contributed by atoms with Crippen LogP contribution in [0.5, 0.6) is 5.75 Å². The molecule has 0 saturated carbocycles. The summed E-state index contributed by atoms with van der Waals surface area (Å²) in [5.41, 5.74) is 0.875. The maximum Gasteiger partial charge on any atom is 0.251 e. The SMILES string of the molecule is COc1ccccc1C(C)(C)CNC(=O)c1ccn(C)c(=O)c1. The van der Waals surface area contributed by atoms with Gasteiger partial charge in [-0.15, -0.1) is 0 Å². The van der Waals surface area contributed by atoms with Crippen LogP contribution in [0, 0.1) is 0 Å². The number of hydrogen-bond donors (Lipinski definition) is 1. The number of rotatable bonds is 5. The van der Waals surface area contributed by atoms with Gasteiger partial charge in [0.1, 0.15) is 5.75 Å². The maximum absolute atomic E-state index is 12.3. The smallest absolute Gasteiger partial charge is 0.251 e. The normalized spacial score (nSPS) is 11.1. The van der Waals surface area contributed by atoms with Gasteiger partial charge in [-0.25, -0.2) is 0 Å². The van der Waals surface area contributed by atoms with E-state index in [4.69, 9.17) is 4.74 Å². The number of pyridine rings is 1. The number of aromatic nitrogens is 1. The van der Waals surface area contributed by atoms with Crippen molar-refractivity contribution in [3.63, 3.8) is 0 Å². The minimum absolute atomic E-state index is 0.207. The predicted molar refractivity (Wildman–Crippen MR) is 90.0 cm³/mol. The van der Waals surface area contributed by atoms with E-state index in [9.17, 15) is 9.59 Å². The topological polar surface area (TPSA) is 60.3 Å². The molecule has 0 aliphatic heterocycles. The lowest BCUT2D eigenvalue weighted by atomic mass is 9.84. The number of methoxy groups -OCH3 is 1. The van der Waals surface area contributed by atoms with E-state index >= 15 is 0 Å². The average molecular weight is 314 g/mol. The Morgan fingerprint density at radius 1 is 1.26 bits per heavy atom. The monoisotopic (exact) mass is 314 g/mol. The second kappa shape index (κ2) is 6.69. The third-order valence-electron chi connectivity index (χ3n) is 3.89. The molecule has 23 heavy (non-hydrogen) atoms. The molecule has 0 fully saturated rings. The zero-order chi connectivity index (χ0) is 17.0. The van der Waals surface area contributed by atoms with Crippen molar-refractivity contribution in [3.05, 3.63) is 64.1 Å². The van der Waals surface area contributed by atoms with Crippen LogP contribution in [0.4, 0.5) is 0 Å². The Labute approximate surface area is 135 Å². The van der Waals surface area contributed by atoms with E-state index in [0.717, 1.165) is 11.3 Å². The van der Waals surface area contributed by atoms with Gasteiger partial charge >= 0.3 is 0 Å². The lowest BCUT2D eigenvalue weighted by Crippen LogP contribution is -2.37. The van der Waals surface area contributed by atoms with E-state index in [-0.39, 0.29) is 16.9 Å². The molecule has 1 heterocycles. The molecule has 5 nitrogen and oxygen atoms in total. The number of hydrogen-bond acceptors (Lipinski definition) is 3. The van der Waals surface area contributed by atoms with Crippen LogP contribution in [-0.2, 0) is 12.5 Å². The molecular formula is C18H22N2O3. The molecule has 0 spiro atoms. The van der Waals surface area contributed by atoms with Crippen molar-refractivity contribution in [1.29, 1.82) is 0 Å². The Kier molecular flexibility index (Phi) is 4.89. The highest BCUT2D eigenvalue weighted by Crippen LogP contribution is 2.30. The molecule has 0 bridgehead atoms. The Morgan fingerprint density at radius 3 is 2.61 bits per heavy atom. The number of nitrogens with zero attached hydrogens (tertiary/aromatic N) is 1. The van der Waals surface area contributed by atoms with Crippen LogP contribution in [-0.4, -0.2) is 24.1 Å². The van der Waals surface area contributed by atoms with Gasteiger partial charge in [-0.3, -0.25) is 9.59 Å². The number of ether oxygens (including phenoxy) is 1. The van der Waals surface area contributed by atoms with Gasteiger partial charge in [0, 0.05) is 42.4 Å². The van der Waals surface area contributed by atoms with Crippen LogP contribution in [0.2, 0.25) is 0 Å². The summed E-state index contributed by atoms with van der Waals surface area (Å²) in [7, 11) is 3.28. The highest BCUT2D eigenvalue weighted by Gasteiger charge is 2.25. The highest BCUT2D eigenvalue weighted by molar-refractivity contribution is 5.94. The second-order valence-corrected chi connectivity index (χ2v) is 6.13. The molecule has 0 aliphatic rings. The molecule has 0 unspecified atom stereocenters. The van der Waals surface area contributed by atoms with Gasteiger partial charge in [0.2, 0.25) is 0 Å². The number of amides is 1. The minimum atomic E-state index is -0.304. The minimum Gasteiger partial charge on any atom is -0.496 e. The van der Waals surface area contributed by atoms with Crippen molar-refractivity contribution >= 4 is 5.91 Å². The van der Waals surface area contributed by atoms with Crippen molar-refractivity contribution in [3.8, 4) is 5.75 Å². The number of carbonyl (C=O) groups excluding carboxylic acids is 1. The Morgan fingerprint density at radius 2 is 1.96 bits per heavy atom. The summed E-state index contributed by atoms with van der Waals surface area (Å²) in [6.07, 6.45) is 1.59. The Bertz CT molecular complexity index is 763. The zero-order valence-corrected chi connectivity index (χ0v) is 13.9. The summed E-state index contributed by atoms with van der Waals surface area (Å²) in [6.45, 7) is 4.51. The summed E-state index contributed by atoms with van der Waals surface area (Å²) in [5.74, 6) is 0.533. The fourth-order valence-corrected chi connectivity index (χ4v) is 2.39. The largest absolute Gasteiger partial charge is 0.496 e. The van der Waals surface area contributed by atoms with E-state index < -0.39 is 0 Å². The molecule has 0 aliphatic carbocycles. The lowest BCUT2D eigenvalue weighted by molar-refractivity contribution is 0.0945. The van der Waals surface area contributed by atoms with Gasteiger partial charge in [0.15, 0.2) is 0 Å². The number of nitrogens with one attached hydrogen (secondary N) is 1. The van der Waals surface area contributed by atoms with Crippen molar-refractivity contribution < 1.29 is 9.53 Å². The number of aryl methyl sites for hydroxylation is 1. The third-order valence-corrected chi connectivity index (χ3v) is 3.89. The second-order valence-electron chi connectivity index (χ2n) is 6.13. The van der Waals surface area contributed by atoms with Gasteiger partial charge in [0.25, 0.3) is 11.5 Å². The fraction of sp³-hybridized carbons (Fsp3) is 0.333. The molecule has 5 heteroatoms. The molecule has 0 atom stereocenters. The van der Waals surface area contributed by atoms with E-state index in [0.29, 0.717) is 12.1 Å². The Balaban J connectivity index is 2.13. The fourth-order valence-electron chi connectivity index (χ4n) is 2.39. The molecule has 1 N–H and O–H groups in total. The van der Waals surface area contributed by atoms with Crippen LogP contribution < -0.4 is 15.6 Å². The molecule has 1 aromatic heterocycles. The molecule has 0 radical (unpaired) electrons. The molecule has 1 aromatic carbocycles. The lowest BCUT2D eigenvalue weighted by Gasteiger charge is -2.27. The zero-order valence-electron chi connectivity index (χ0n) is 13.9. The van der Waals surface area contributed by atoms with Gasteiger partial charge < -0.3 is 14.6 Å². The first-order chi connectivity index (χ1) is 10.8. The quantitative estimate of drug-likeness (QED) is 0.919. The van der Waals surface area contributed by atoms with E-state index in [1.807, 2.05) is 38.1 Å². The number of carbonyl (C=O) groups is 1. The van der Waals surface area contributed by atoms with Crippen LogP contribution in [0.1, 0.15) is 29.8 Å². The molecule has 2 rings (SSSR count). The molecule has 122 valence electrons. The van der Waals surface area contributed by atoms with E-state index in [1.54, 1.807) is 26.4 Å². The highest BCUT2D eigenvalue weighted by atomic mass is 16.5. The predicted octanol–water partition coefficient (Wildman–Crippen LogP) is 2.10. The van der Waals surface area contributed by atoms with Crippen molar-refractivity contribution in [1.82, 2.24) is 9.88 Å². The summed E-state index contributed by atoms with van der Waals surface area (Å²) < 4.78 is 6.82. The summed E-state index contributed by atoms with van der Waals surface area (Å²) in [6, 6.07) is 10.7. The van der Waals surface area contributed by atoms with E-state index in [1.165, 1.54) is 10.6 Å². The van der Waals surface area contributed by atoms with Crippen LogP contribution in [0.15, 0.2) is 47.4 Å². The number of benzene rings is 1. The Hall–Kier alpha value is -2.56. The first-order valence-corrected chi connectivity index (χ1v) is 7.43. The summed E-state index contributed by atoms with van der Waals surface area (Å²) in [4.78, 5) is 23.9. The van der Waals surface area contributed by atoms with Crippen molar-refractivity contribution in [2.24, 2.45) is 7.05 Å². The first-order valence-electron chi connectivity index (χ1n) is 7.43. The molecule has 2 aromatic rings. The van der Waals surface area contributed by atoms with Crippen LogP contribution >= 0.6 is 0 Å². The molecule has 1 amide bonds. The van der Waals surface area contributed by atoms with Crippen LogP contribution in [0.25, 0.3) is 0 Å². The van der Waals surface area contributed by atoms with Crippen molar-refractivity contribution in [2.45, 2.75) is 19.3 Å². The summed E-state index contributed by atoms with van der Waals surface area (Å²) in [5, 5.41) is 2.89. The van der Waals surface area contributed by atoms with Gasteiger partial charge in [-0.1, -0.05) is 32.0 Å². The molecule has 0 saturated heterocycles. The van der Waals surface area contributed by atoms with E-state index in [2.05, 4.69) is 5.32 Å². The molecular weight excluding hydrogens is 292 g/mol. The average Bonchev–Trinajstić information content (AvgIpc) is 2.55. The standard InChI is InChI=1S/C18H22N2O3/c1-18(2,14-7-5-6-8-15(14)23-4)12-19-17(22)13-9-10-20(3)16(21)11-13/h5-11H,12H2,1-4H3,(H,19,22). The van der Waals surface area contributed by atoms with Crippen LogP contribution in [0.3, 0.4) is 0 Å². The van der Waals surface area contributed by atoms with Gasteiger partial charge in [-0.05, 0) is 12.1 Å². The van der Waals surface area contributed by atoms with Gasteiger partial charge in [0.05, 0.1) is 7.11 Å². The summed E-state index contributed by atoms with van der Waals surface area (Å²) >= 11 is 0. The first kappa shape index (κ1) is 16.8. The number of para-hydroxylation sites is 1. The van der Waals surface area contributed by atoms with Gasteiger partial charge in [-0.2, -0.15) is 0 Å².